The highest BCUT2D eigenvalue weighted by molar-refractivity contribution is 9.10. The van der Waals surface area contributed by atoms with E-state index in [-0.39, 0.29) is 24.0 Å². The van der Waals surface area contributed by atoms with Gasteiger partial charge in [-0.05, 0) is 55.3 Å². The number of hydrogen-bond donors (Lipinski definition) is 2. The van der Waals surface area contributed by atoms with Crippen LogP contribution < -0.4 is 15.5 Å². The first-order valence-corrected chi connectivity index (χ1v) is 9.13. The Labute approximate surface area is 159 Å². The molecular weight excluding hydrogens is 401 g/mol. The van der Waals surface area contributed by atoms with Gasteiger partial charge in [-0.2, -0.15) is 0 Å². The maximum atomic E-state index is 14.3. The number of hydrogen-bond acceptors (Lipinski definition) is 3. The van der Waals surface area contributed by atoms with Gasteiger partial charge >= 0.3 is 0 Å². The summed E-state index contributed by atoms with van der Waals surface area (Å²) in [6.07, 6.45) is 1.20. The molecule has 1 aliphatic rings. The molecule has 1 heterocycles. The Kier molecular flexibility index (Phi) is 5.56. The fourth-order valence-corrected chi connectivity index (χ4v) is 3.10. The molecule has 2 N–H and O–H groups in total. The van der Waals surface area contributed by atoms with Crippen molar-refractivity contribution < 1.29 is 14.0 Å². The van der Waals surface area contributed by atoms with Gasteiger partial charge in [0.2, 0.25) is 11.8 Å². The number of aryl methyl sites for hydroxylation is 1. The SMILES string of the molecule is Cc1cc(NC(=O)CNc2ccc(N3CCCC3=O)c(F)c2)ccc1Br. The van der Waals surface area contributed by atoms with Gasteiger partial charge in [-0.25, -0.2) is 4.39 Å². The summed E-state index contributed by atoms with van der Waals surface area (Å²) in [5.74, 6) is -0.770. The van der Waals surface area contributed by atoms with Crippen LogP contribution in [0.25, 0.3) is 0 Å². The van der Waals surface area contributed by atoms with Gasteiger partial charge in [0.1, 0.15) is 5.82 Å². The van der Waals surface area contributed by atoms with Crippen LogP contribution >= 0.6 is 15.9 Å². The number of nitrogens with zero attached hydrogens (tertiary/aromatic N) is 1. The third kappa shape index (κ3) is 4.22. The first kappa shape index (κ1) is 18.4. The standard InChI is InChI=1S/C19H19BrFN3O2/c1-12-9-14(4-6-15(12)20)23-18(25)11-22-13-5-7-17(16(21)10-13)24-8-2-3-19(24)26/h4-7,9-10,22H,2-3,8,11H2,1H3,(H,23,25). The van der Waals surface area contributed by atoms with E-state index in [0.717, 1.165) is 16.5 Å². The maximum absolute atomic E-state index is 14.3. The Morgan fingerprint density at radius 2 is 2.00 bits per heavy atom. The molecule has 26 heavy (non-hydrogen) atoms. The zero-order valence-corrected chi connectivity index (χ0v) is 15.9. The normalized spacial score (nSPS) is 13.8. The molecule has 0 unspecified atom stereocenters. The van der Waals surface area contributed by atoms with E-state index >= 15 is 0 Å². The molecule has 0 saturated carbocycles. The lowest BCUT2D eigenvalue weighted by atomic mass is 10.2. The summed E-state index contributed by atoms with van der Waals surface area (Å²) in [5.41, 5.74) is 2.49. The van der Waals surface area contributed by atoms with E-state index in [1.165, 1.54) is 11.0 Å². The van der Waals surface area contributed by atoms with Crippen molar-refractivity contribution in [2.45, 2.75) is 19.8 Å². The van der Waals surface area contributed by atoms with E-state index in [1.807, 2.05) is 19.1 Å². The largest absolute Gasteiger partial charge is 0.376 e. The summed E-state index contributed by atoms with van der Waals surface area (Å²) >= 11 is 3.41. The molecule has 0 aliphatic carbocycles. The van der Waals surface area contributed by atoms with Crippen LogP contribution in [-0.4, -0.2) is 24.9 Å². The lowest BCUT2D eigenvalue weighted by Gasteiger charge is -2.17. The number of rotatable bonds is 5. The number of amides is 2. The zero-order valence-electron chi connectivity index (χ0n) is 14.3. The molecule has 0 bridgehead atoms. The van der Waals surface area contributed by atoms with Gasteiger partial charge in [0.25, 0.3) is 0 Å². The van der Waals surface area contributed by atoms with E-state index in [4.69, 9.17) is 0 Å². The van der Waals surface area contributed by atoms with Crippen molar-refractivity contribution in [2.75, 3.05) is 28.6 Å². The first-order chi connectivity index (χ1) is 12.4. The molecule has 3 rings (SSSR count). The summed E-state index contributed by atoms with van der Waals surface area (Å²) in [4.78, 5) is 25.2. The Morgan fingerprint density at radius 3 is 2.65 bits per heavy atom. The zero-order chi connectivity index (χ0) is 18.7. The lowest BCUT2D eigenvalue weighted by molar-refractivity contribution is -0.117. The van der Waals surface area contributed by atoms with Crippen molar-refractivity contribution in [1.29, 1.82) is 0 Å². The van der Waals surface area contributed by atoms with Gasteiger partial charge < -0.3 is 15.5 Å². The molecule has 2 aromatic rings. The van der Waals surface area contributed by atoms with Crippen LogP contribution in [0.4, 0.5) is 21.5 Å². The van der Waals surface area contributed by atoms with Crippen molar-refractivity contribution in [2.24, 2.45) is 0 Å². The van der Waals surface area contributed by atoms with E-state index in [2.05, 4.69) is 26.6 Å². The molecule has 136 valence electrons. The van der Waals surface area contributed by atoms with Crippen LogP contribution in [-0.2, 0) is 9.59 Å². The van der Waals surface area contributed by atoms with Gasteiger partial charge in [0.05, 0.1) is 12.2 Å². The minimum atomic E-state index is -0.478. The minimum absolute atomic E-state index is 0.0105. The Hall–Kier alpha value is -2.41. The molecule has 0 spiro atoms. The van der Waals surface area contributed by atoms with Crippen LogP contribution in [0.1, 0.15) is 18.4 Å². The summed E-state index contributed by atoms with van der Waals surface area (Å²) in [7, 11) is 0. The highest BCUT2D eigenvalue weighted by Gasteiger charge is 2.24. The first-order valence-electron chi connectivity index (χ1n) is 8.34. The highest BCUT2D eigenvalue weighted by Crippen LogP contribution is 2.26. The van der Waals surface area contributed by atoms with Crippen LogP contribution in [0.5, 0.6) is 0 Å². The van der Waals surface area contributed by atoms with Crippen molar-refractivity contribution in [1.82, 2.24) is 0 Å². The molecular formula is C19H19BrFN3O2. The topological polar surface area (TPSA) is 61.4 Å². The van der Waals surface area contributed by atoms with Gasteiger partial charge in [-0.1, -0.05) is 15.9 Å². The smallest absolute Gasteiger partial charge is 0.243 e. The predicted molar refractivity (Wildman–Crippen MR) is 104 cm³/mol. The number of halogens is 2. The second-order valence-electron chi connectivity index (χ2n) is 6.18. The number of carbonyl (C=O) groups excluding carboxylic acids is 2. The van der Waals surface area contributed by atoms with Crippen molar-refractivity contribution >= 4 is 44.8 Å². The van der Waals surface area contributed by atoms with E-state index in [9.17, 15) is 14.0 Å². The van der Waals surface area contributed by atoms with Crippen molar-refractivity contribution in [3.63, 3.8) is 0 Å². The van der Waals surface area contributed by atoms with E-state index < -0.39 is 5.82 Å². The monoisotopic (exact) mass is 419 g/mol. The van der Waals surface area contributed by atoms with Crippen LogP contribution in [0.15, 0.2) is 40.9 Å². The number of nitrogens with one attached hydrogen (secondary N) is 2. The van der Waals surface area contributed by atoms with Crippen molar-refractivity contribution in [3.8, 4) is 0 Å². The van der Waals surface area contributed by atoms with E-state index in [0.29, 0.717) is 24.3 Å². The number of carbonyl (C=O) groups is 2. The van der Waals surface area contributed by atoms with Crippen LogP contribution in [0.3, 0.4) is 0 Å². The predicted octanol–water partition coefficient (Wildman–Crippen LogP) is 4.07. The third-order valence-electron chi connectivity index (χ3n) is 4.21. The molecule has 0 atom stereocenters. The molecule has 2 amide bonds. The quantitative estimate of drug-likeness (QED) is 0.767. The van der Waals surface area contributed by atoms with E-state index in [1.54, 1.807) is 18.2 Å². The van der Waals surface area contributed by atoms with Crippen LogP contribution in [0, 0.1) is 12.7 Å². The Balaban J connectivity index is 1.59. The van der Waals surface area contributed by atoms with Crippen LogP contribution in [0.2, 0.25) is 0 Å². The Bertz CT molecular complexity index is 857. The van der Waals surface area contributed by atoms with Gasteiger partial charge in [0.15, 0.2) is 0 Å². The fourth-order valence-electron chi connectivity index (χ4n) is 2.85. The second-order valence-corrected chi connectivity index (χ2v) is 7.04. The maximum Gasteiger partial charge on any atom is 0.243 e. The average Bonchev–Trinajstić information content (AvgIpc) is 3.02. The molecule has 5 nitrogen and oxygen atoms in total. The molecule has 1 aliphatic heterocycles. The molecule has 1 saturated heterocycles. The number of benzene rings is 2. The highest BCUT2D eigenvalue weighted by atomic mass is 79.9. The third-order valence-corrected chi connectivity index (χ3v) is 5.10. The summed E-state index contributed by atoms with van der Waals surface area (Å²) in [6.45, 7) is 2.49. The second kappa shape index (κ2) is 7.86. The van der Waals surface area contributed by atoms with Crippen molar-refractivity contribution in [3.05, 3.63) is 52.3 Å². The fraction of sp³-hybridized carbons (Fsp3) is 0.263. The molecule has 0 radical (unpaired) electrons. The Morgan fingerprint density at radius 1 is 1.23 bits per heavy atom. The molecule has 2 aromatic carbocycles. The average molecular weight is 420 g/mol. The minimum Gasteiger partial charge on any atom is -0.376 e. The molecule has 7 heteroatoms. The molecule has 0 aromatic heterocycles. The summed E-state index contributed by atoms with van der Waals surface area (Å²) in [5, 5.41) is 5.68. The summed E-state index contributed by atoms with van der Waals surface area (Å²) in [6, 6.07) is 10.1. The van der Waals surface area contributed by atoms with Gasteiger partial charge in [-0.15, -0.1) is 0 Å². The summed E-state index contributed by atoms with van der Waals surface area (Å²) < 4.78 is 15.3. The number of anilines is 3. The van der Waals surface area contributed by atoms with Gasteiger partial charge in [-0.3, -0.25) is 9.59 Å². The van der Waals surface area contributed by atoms with Gasteiger partial charge in [0, 0.05) is 28.8 Å². The molecule has 1 fully saturated rings. The lowest BCUT2D eigenvalue weighted by Crippen LogP contribution is -2.25.